The van der Waals surface area contributed by atoms with Crippen molar-refractivity contribution in [1.82, 2.24) is 4.90 Å². The number of aryl methyl sites for hydroxylation is 1. The van der Waals surface area contributed by atoms with Gasteiger partial charge in [0.1, 0.15) is 6.04 Å². The highest BCUT2D eigenvalue weighted by Gasteiger charge is 2.25. The fourth-order valence-electron chi connectivity index (χ4n) is 1.84. The van der Waals surface area contributed by atoms with Crippen LogP contribution in [-0.2, 0) is 9.53 Å². The first-order valence-electron chi connectivity index (χ1n) is 6.23. The van der Waals surface area contributed by atoms with Crippen LogP contribution >= 0.6 is 15.9 Å². The summed E-state index contributed by atoms with van der Waals surface area (Å²) >= 11 is 3.36. The summed E-state index contributed by atoms with van der Waals surface area (Å²) in [6, 6.07) is 4.70. The first-order chi connectivity index (χ1) is 9.38. The van der Waals surface area contributed by atoms with Gasteiger partial charge in [0.25, 0.3) is 5.91 Å². The number of rotatable bonds is 6. The summed E-state index contributed by atoms with van der Waals surface area (Å²) in [6.07, 6.45) is 0. The molecule has 0 spiro atoms. The molecule has 2 amide bonds. The second-order valence-corrected chi connectivity index (χ2v) is 5.44. The van der Waals surface area contributed by atoms with E-state index in [4.69, 9.17) is 10.5 Å². The molecule has 5 nitrogen and oxygen atoms in total. The molecule has 0 radical (unpaired) electrons. The molecule has 6 heteroatoms. The number of nitrogens with two attached hydrogens (primary N) is 1. The minimum Gasteiger partial charge on any atom is -0.383 e. The minimum atomic E-state index is -0.680. The van der Waals surface area contributed by atoms with Crippen molar-refractivity contribution in [3.8, 4) is 0 Å². The number of nitrogens with zero attached hydrogens (tertiary/aromatic N) is 1. The van der Waals surface area contributed by atoms with Gasteiger partial charge in [0, 0.05) is 23.7 Å². The zero-order valence-electron chi connectivity index (χ0n) is 11.9. The molecule has 1 rings (SSSR count). The molecular weight excluding hydrogens is 324 g/mol. The summed E-state index contributed by atoms with van der Waals surface area (Å²) in [5, 5.41) is 0. The molecule has 0 bridgehead atoms. The molecule has 0 aliphatic heterocycles. The molecule has 0 saturated heterocycles. The Morgan fingerprint density at radius 3 is 2.60 bits per heavy atom. The predicted octanol–water partition coefficient (Wildman–Crippen LogP) is 1.72. The molecule has 0 aliphatic carbocycles. The van der Waals surface area contributed by atoms with Crippen LogP contribution in [0.15, 0.2) is 22.7 Å². The van der Waals surface area contributed by atoms with Crippen LogP contribution in [0.25, 0.3) is 0 Å². The van der Waals surface area contributed by atoms with Gasteiger partial charge in [-0.05, 0) is 37.6 Å². The maximum atomic E-state index is 12.6. The predicted molar refractivity (Wildman–Crippen MR) is 80.4 cm³/mol. The maximum Gasteiger partial charge on any atom is 0.254 e. The van der Waals surface area contributed by atoms with Crippen molar-refractivity contribution in [1.29, 1.82) is 0 Å². The lowest BCUT2D eigenvalue weighted by Crippen LogP contribution is -2.47. The number of benzene rings is 1. The van der Waals surface area contributed by atoms with Crippen LogP contribution < -0.4 is 5.73 Å². The van der Waals surface area contributed by atoms with Crippen molar-refractivity contribution >= 4 is 27.7 Å². The van der Waals surface area contributed by atoms with Crippen molar-refractivity contribution < 1.29 is 14.3 Å². The standard InChI is InChI=1S/C14H19BrN2O3/c1-9-8-11(15)4-5-12(9)14(19)17(6-7-20-3)10(2)13(16)18/h4-5,8,10H,6-7H2,1-3H3,(H2,16,18)/t10-/m1/s1. The minimum absolute atomic E-state index is 0.224. The fraction of sp³-hybridized carbons (Fsp3) is 0.429. The zero-order valence-corrected chi connectivity index (χ0v) is 13.4. The maximum absolute atomic E-state index is 12.6. The van der Waals surface area contributed by atoms with E-state index in [0.717, 1.165) is 10.0 Å². The fourth-order valence-corrected chi connectivity index (χ4v) is 2.31. The Bertz CT molecular complexity index is 505. The second-order valence-electron chi connectivity index (χ2n) is 4.53. The summed E-state index contributed by atoms with van der Waals surface area (Å²) in [7, 11) is 1.54. The van der Waals surface area contributed by atoms with Gasteiger partial charge < -0.3 is 15.4 Å². The lowest BCUT2D eigenvalue weighted by Gasteiger charge is -2.27. The van der Waals surface area contributed by atoms with Crippen LogP contribution in [0.1, 0.15) is 22.8 Å². The lowest BCUT2D eigenvalue weighted by atomic mass is 10.1. The van der Waals surface area contributed by atoms with Gasteiger partial charge in [0.2, 0.25) is 5.91 Å². The van der Waals surface area contributed by atoms with E-state index in [0.29, 0.717) is 18.7 Å². The number of amides is 2. The van der Waals surface area contributed by atoms with Gasteiger partial charge in [-0.2, -0.15) is 0 Å². The smallest absolute Gasteiger partial charge is 0.254 e. The van der Waals surface area contributed by atoms with Crippen LogP contribution in [0.3, 0.4) is 0 Å². The number of hydrogen-bond donors (Lipinski definition) is 1. The number of primary amides is 1. The summed E-state index contributed by atoms with van der Waals surface area (Å²) in [4.78, 5) is 25.4. The van der Waals surface area contributed by atoms with Crippen molar-refractivity contribution in [2.45, 2.75) is 19.9 Å². The normalized spacial score (nSPS) is 12.0. The van der Waals surface area contributed by atoms with Crippen molar-refractivity contribution in [3.05, 3.63) is 33.8 Å². The van der Waals surface area contributed by atoms with E-state index in [9.17, 15) is 9.59 Å². The Morgan fingerprint density at radius 2 is 2.10 bits per heavy atom. The third-order valence-electron chi connectivity index (χ3n) is 3.10. The first kappa shape index (κ1) is 16.7. The largest absolute Gasteiger partial charge is 0.383 e. The topological polar surface area (TPSA) is 72.6 Å². The Labute approximate surface area is 127 Å². The van der Waals surface area contributed by atoms with Gasteiger partial charge >= 0.3 is 0 Å². The Hall–Kier alpha value is -1.40. The van der Waals surface area contributed by atoms with Gasteiger partial charge in [-0.3, -0.25) is 9.59 Å². The molecule has 1 atom stereocenters. The summed E-state index contributed by atoms with van der Waals surface area (Å²) in [5.41, 5.74) is 6.70. The molecule has 110 valence electrons. The monoisotopic (exact) mass is 342 g/mol. The van der Waals surface area contributed by atoms with E-state index in [1.54, 1.807) is 26.2 Å². The molecule has 0 fully saturated rings. The first-order valence-corrected chi connectivity index (χ1v) is 7.03. The van der Waals surface area contributed by atoms with Gasteiger partial charge in [-0.15, -0.1) is 0 Å². The number of methoxy groups -OCH3 is 1. The van der Waals surface area contributed by atoms with Gasteiger partial charge in [-0.1, -0.05) is 15.9 Å². The number of hydrogen-bond acceptors (Lipinski definition) is 3. The van der Waals surface area contributed by atoms with E-state index >= 15 is 0 Å². The summed E-state index contributed by atoms with van der Waals surface area (Å²) in [5.74, 6) is -0.762. The van der Waals surface area contributed by atoms with Gasteiger partial charge in [-0.25, -0.2) is 0 Å². The third kappa shape index (κ3) is 4.05. The molecule has 0 aromatic heterocycles. The van der Waals surface area contributed by atoms with E-state index in [1.807, 2.05) is 13.0 Å². The molecular formula is C14H19BrN2O3. The zero-order chi connectivity index (χ0) is 15.3. The van der Waals surface area contributed by atoms with Crippen molar-refractivity contribution in [2.24, 2.45) is 5.73 Å². The quantitative estimate of drug-likeness (QED) is 0.855. The second kappa shape index (κ2) is 7.40. The molecule has 0 unspecified atom stereocenters. The van der Waals surface area contributed by atoms with Gasteiger partial charge in [0.15, 0.2) is 0 Å². The van der Waals surface area contributed by atoms with Crippen molar-refractivity contribution in [3.63, 3.8) is 0 Å². The van der Waals surface area contributed by atoms with E-state index in [1.165, 1.54) is 4.90 Å². The van der Waals surface area contributed by atoms with Crippen molar-refractivity contribution in [2.75, 3.05) is 20.3 Å². The molecule has 1 aromatic carbocycles. The SMILES string of the molecule is COCCN(C(=O)c1ccc(Br)cc1C)[C@H](C)C(N)=O. The molecule has 2 N–H and O–H groups in total. The number of carbonyl (C=O) groups is 2. The summed E-state index contributed by atoms with van der Waals surface area (Å²) < 4.78 is 5.88. The average molecular weight is 343 g/mol. The summed E-state index contributed by atoms with van der Waals surface area (Å²) in [6.45, 7) is 4.12. The molecule has 0 heterocycles. The highest BCUT2D eigenvalue weighted by atomic mass is 79.9. The molecule has 0 aliphatic rings. The highest BCUT2D eigenvalue weighted by molar-refractivity contribution is 9.10. The number of carbonyl (C=O) groups excluding carboxylic acids is 2. The molecule has 0 saturated carbocycles. The van der Waals surface area contributed by atoms with E-state index in [-0.39, 0.29) is 5.91 Å². The lowest BCUT2D eigenvalue weighted by molar-refractivity contribution is -0.122. The highest BCUT2D eigenvalue weighted by Crippen LogP contribution is 2.18. The van der Waals surface area contributed by atoms with Crippen LogP contribution in [-0.4, -0.2) is 43.0 Å². The average Bonchev–Trinajstić information content (AvgIpc) is 2.38. The molecule has 20 heavy (non-hydrogen) atoms. The van der Waals surface area contributed by atoms with Crippen LogP contribution in [0, 0.1) is 6.92 Å². The Kier molecular flexibility index (Phi) is 6.16. The van der Waals surface area contributed by atoms with E-state index in [2.05, 4.69) is 15.9 Å². The number of halogens is 1. The molecule has 1 aromatic rings. The van der Waals surface area contributed by atoms with Crippen LogP contribution in [0.4, 0.5) is 0 Å². The number of ether oxygens (including phenoxy) is 1. The van der Waals surface area contributed by atoms with Crippen LogP contribution in [0.2, 0.25) is 0 Å². The Balaban J connectivity index is 3.06. The van der Waals surface area contributed by atoms with E-state index < -0.39 is 11.9 Å². The third-order valence-corrected chi connectivity index (χ3v) is 3.59. The van der Waals surface area contributed by atoms with Crippen LogP contribution in [0.5, 0.6) is 0 Å². The van der Waals surface area contributed by atoms with Gasteiger partial charge in [0.05, 0.1) is 6.61 Å². The Morgan fingerprint density at radius 1 is 1.45 bits per heavy atom.